The first kappa shape index (κ1) is 16.5. The SMILES string of the molecule is CCC(CN)(Cc1ccccc1)N(CCC(C)C)C1CC1. The van der Waals surface area contributed by atoms with Crippen molar-refractivity contribution in [2.45, 2.75) is 64.5 Å². The summed E-state index contributed by atoms with van der Waals surface area (Å²) in [5, 5.41) is 0. The van der Waals surface area contributed by atoms with Crippen LogP contribution >= 0.6 is 0 Å². The van der Waals surface area contributed by atoms with E-state index in [2.05, 4.69) is 56.0 Å². The molecule has 0 spiro atoms. The molecule has 0 aromatic heterocycles. The molecule has 2 N–H and O–H groups in total. The van der Waals surface area contributed by atoms with Crippen LogP contribution < -0.4 is 5.73 Å². The second-order valence-corrected chi connectivity index (χ2v) is 7.05. The van der Waals surface area contributed by atoms with Gasteiger partial charge in [0.25, 0.3) is 0 Å². The summed E-state index contributed by atoms with van der Waals surface area (Å²) in [6.07, 6.45) is 6.19. The summed E-state index contributed by atoms with van der Waals surface area (Å²) in [5.41, 5.74) is 7.85. The van der Waals surface area contributed by atoms with Gasteiger partial charge in [-0.2, -0.15) is 0 Å². The Hall–Kier alpha value is -0.860. The van der Waals surface area contributed by atoms with Gasteiger partial charge in [-0.25, -0.2) is 0 Å². The summed E-state index contributed by atoms with van der Waals surface area (Å²) < 4.78 is 0. The predicted octanol–water partition coefficient (Wildman–Crippen LogP) is 3.85. The van der Waals surface area contributed by atoms with E-state index in [0.717, 1.165) is 31.3 Å². The Morgan fingerprint density at radius 3 is 2.38 bits per heavy atom. The van der Waals surface area contributed by atoms with Gasteiger partial charge in [-0.15, -0.1) is 0 Å². The average molecular weight is 288 g/mol. The van der Waals surface area contributed by atoms with E-state index in [9.17, 15) is 0 Å². The van der Waals surface area contributed by atoms with Crippen LogP contribution in [0, 0.1) is 5.92 Å². The highest BCUT2D eigenvalue weighted by molar-refractivity contribution is 5.19. The van der Waals surface area contributed by atoms with E-state index in [0.29, 0.717) is 0 Å². The Labute approximate surface area is 130 Å². The number of benzene rings is 1. The molecule has 0 amide bonds. The third-order valence-corrected chi connectivity index (χ3v) is 4.96. The monoisotopic (exact) mass is 288 g/mol. The molecule has 1 aromatic carbocycles. The van der Waals surface area contributed by atoms with Crippen LogP contribution in [0.2, 0.25) is 0 Å². The second-order valence-electron chi connectivity index (χ2n) is 7.05. The fraction of sp³-hybridized carbons (Fsp3) is 0.684. The van der Waals surface area contributed by atoms with Crippen LogP contribution in [0.4, 0.5) is 0 Å². The molecule has 0 radical (unpaired) electrons. The lowest BCUT2D eigenvalue weighted by Crippen LogP contribution is -2.56. The number of hydrogen-bond donors (Lipinski definition) is 1. The fourth-order valence-electron chi connectivity index (χ4n) is 3.33. The lowest BCUT2D eigenvalue weighted by molar-refractivity contribution is 0.0745. The Kier molecular flexibility index (Phi) is 5.83. The van der Waals surface area contributed by atoms with Gasteiger partial charge in [0.1, 0.15) is 0 Å². The van der Waals surface area contributed by atoms with Crippen molar-refractivity contribution in [3.05, 3.63) is 35.9 Å². The van der Waals surface area contributed by atoms with Crippen molar-refractivity contribution < 1.29 is 0 Å². The van der Waals surface area contributed by atoms with E-state index >= 15 is 0 Å². The van der Waals surface area contributed by atoms with Crippen molar-refractivity contribution in [3.8, 4) is 0 Å². The quantitative estimate of drug-likeness (QED) is 0.748. The Bertz CT molecular complexity index is 405. The lowest BCUT2D eigenvalue weighted by atomic mass is 9.85. The van der Waals surface area contributed by atoms with Crippen molar-refractivity contribution in [1.82, 2.24) is 4.90 Å². The maximum Gasteiger partial charge on any atom is 0.0372 e. The first-order valence-corrected chi connectivity index (χ1v) is 8.62. The summed E-state index contributed by atoms with van der Waals surface area (Å²) >= 11 is 0. The van der Waals surface area contributed by atoms with Gasteiger partial charge >= 0.3 is 0 Å². The standard InChI is InChI=1S/C19H32N2/c1-4-19(15-20,14-17-8-6-5-7-9-17)21(18-10-11-18)13-12-16(2)3/h5-9,16,18H,4,10-15,20H2,1-3H3. The van der Waals surface area contributed by atoms with Crippen molar-refractivity contribution in [2.24, 2.45) is 11.7 Å². The van der Waals surface area contributed by atoms with E-state index in [-0.39, 0.29) is 5.54 Å². The molecule has 1 aliphatic rings. The summed E-state index contributed by atoms with van der Waals surface area (Å²) in [6.45, 7) is 8.89. The Morgan fingerprint density at radius 2 is 1.90 bits per heavy atom. The van der Waals surface area contributed by atoms with Crippen LogP contribution in [0.15, 0.2) is 30.3 Å². The number of nitrogens with two attached hydrogens (primary N) is 1. The topological polar surface area (TPSA) is 29.3 Å². The summed E-state index contributed by atoms with van der Waals surface area (Å²) in [6, 6.07) is 11.6. The van der Waals surface area contributed by atoms with E-state index < -0.39 is 0 Å². The summed E-state index contributed by atoms with van der Waals surface area (Å²) in [5.74, 6) is 0.760. The molecular formula is C19H32N2. The van der Waals surface area contributed by atoms with Gasteiger partial charge in [0, 0.05) is 18.1 Å². The van der Waals surface area contributed by atoms with E-state index in [1.54, 1.807) is 0 Å². The van der Waals surface area contributed by atoms with Crippen LogP contribution in [0.1, 0.15) is 52.0 Å². The van der Waals surface area contributed by atoms with Gasteiger partial charge in [-0.1, -0.05) is 51.1 Å². The zero-order valence-electron chi connectivity index (χ0n) is 14.0. The molecule has 2 rings (SSSR count). The van der Waals surface area contributed by atoms with Crippen molar-refractivity contribution in [3.63, 3.8) is 0 Å². The normalized spacial score (nSPS) is 18.2. The molecule has 1 atom stereocenters. The highest BCUT2D eigenvalue weighted by Crippen LogP contribution is 2.36. The minimum atomic E-state index is 0.136. The minimum Gasteiger partial charge on any atom is -0.329 e. The highest BCUT2D eigenvalue weighted by Gasteiger charge is 2.42. The molecule has 1 fully saturated rings. The van der Waals surface area contributed by atoms with Crippen LogP contribution in [0.5, 0.6) is 0 Å². The molecule has 1 aliphatic carbocycles. The van der Waals surface area contributed by atoms with Crippen LogP contribution in [-0.4, -0.2) is 29.6 Å². The van der Waals surface area contributed by atoms with Gasteiger partial charge in [0.2, 0.25) is 0 Å². The number of hydrogen-bond acceptors (Lipinski definition) is 2. The van der Waals surface area contributed by atoms with Gasteiger partial charge in [0.05, 0.1) is 0 Å². The molecule has 0 saturated heterocycles. The molecule has 0 bridgehead atoms. The number of rotatable bonds is 9. The maximum atomic E-state index is 6.30. The van der Waals surface area contributed by atoms with Gasteiger partial charge < -0.3 is 5.73 Å². The lowest BCUT2D eigenvalue weighted by Gasteiger charge is -2.44. The minimum absolute atomic E-state index is 0.136. The molecular weight excluding hydrogens is 256 g/mol. The molecule has 1 aromatic rings. The third kappa shape index (κ3) is 4.31. The Balaban J connectivity index is 2.16. The molecule has 1 unspecified atom stereocenters. The van der Waals surface area contributed by atoms with Crippen LogP contribution in [0.25, 0.3) is 0 Å². The largest absolute Gasteiger partial charge is 0.329 e. The second kappa shape index (κ2) is 7.42. The van der Waals surface area contributed by atoms with E-state index in [1.807, 2.05) is 0 Å². The van der Waals surface area contributed by atoms with E-state index in [4.69, 9.17) is 5.73 Å². The van der Waals surface area contributed by atoms with Gasteiger partial charge in [0.15, 0.2) is 0 Å². The van der Waals surface area contributed by atoms with Crippen LogP contribution in [0.3, 0.4) is 0 Å². The molecule has 2 nitrogen and oxygen atoms in total. The van der Waals surface area contributed by atoms with Crippen molar-refractivity contribution in [1.29, 1.82) is 0 Å². The van der Waals surface area contributed by atoms with Crippen molar-refractivity contribution in [2.75, 3.05) is 13.1 Å². The van der Waals surface area contributed by atoms with Gasteiger partial charge in [-0.05, 0) is 50.1 Å². The average Bonchev–Trinajstić information content (AvgIpc) is 3.31. The Morgan fingerprint density at radius 1 is 1.24 bits per heavy atom. The van der Waals surface area contributed by atoms with Crippen LogP contribution in [-0.2, 0) is 6.42 Å². The zero-order chi connectivity index (χ0) is 15.3. The molecule has 21 heavy (non-hydrogen) atoms. The predicted molar refractivity (Wildman–Crippen MR) is 91.4 cm³/mol. The zero-order valence-corrected chi connectivity index (χ0v) is 14.0. The molecule has 0 aliphatic heterocycles. The molecule has 1 saturated carbocycles. The molecule has 118 valence electrons. The first-order chi connectivity index (χ1) is 10.1. The summed E-state index contributed by atoms with van der Waals surface area (Å²) in [7, 11) is 0. The number of nitrogens with zero attached hydrogens (tertiary/aromatic N) is 1. The fourth-order valence-corrected chi connectivity index (χ4v) is 3.33. The molecule has 2 heteroatoms. The first-order valence-electron chi connectivity index (χ1n) is 8.62. The van der Waals surface area contributed by atoms with Crippen molar-refractivity contribution >= 4 is 0 Å². The smallest absolute Gasteiger partial charge is 0.0372 e. The maximum absolute atomic E-state index is 6.30. The molecule has 0 heterocycles. The highest BCUT2D eigenvalue weighted by atomic mass is 15.3. The van der Waals surface area contributed by atoms with Gasteiger partial charge in [-0.3, -0.25) is 4.90 Å². The van der Waals surface area contributed by atoms with E-state index in [1.165, 1.54) is 31.4 Å². The third-order valence-electron chi connectivity index (χ3n) is 4.96. The summed E-state index contributed by atoms with van der Waals surface area (Å²) in [4.78, 5) is 2.75.